The zero-order valence-electron chi connectivity index (χ0n) is 10.7. The lowest BCUT2D eigenvalue weighted by molar-refractivity contribution is 0.572. The fourth-order valence-electron chi connectivity index (χ4n) is 3.41. The van der Waals surface area contributed by atoms with Crippen molar-refractivity contribution in [2.45, 2.75) is 38.5 Å². The molecule has 0 bridgehead atoms. The van der Waals surface area contributed by atoms with Gasteiger partial charge in [-0.1, -0.05) is 62.7 Å². The van der Waals surface area contributed by atoms with Gasteiger partial charge in [0.1, 0.15) is 0 Å². The van der Waals surface area contributed by atoms with Crippen LogP contribution in [-0.2, 0) is 5.41 Å². The van der Waals surface area contributed by atoms with Crippen molar-refractivity contribution in [3.05, 3.63) is 48.0 Å². The van der Waals surface area contributed by atoms with E-state index in [0.29, 0.717) is 5.41 Å². The minimum atomic E-state index is 0.499. The van der Waals surface area contributed by atoms with Crippen LogP contribution in [0.4, 0.5) is 0 Å². The normalized spacial score (nSPS) is 27.3. The average molecular weight is 224 g/mol. The molecule has 2 aromatic carbocycles. The van der Waals surface area contributed by atoms with Crippen LogP contribution in [0.25, 0.3) is 10.8 Å². The first-order chi connectivity index (χ1) is 8.30. The molecule has 0 N–H and O–H groups in total. The van der Waals surface area contributed by atoms with Crippen LogP contribution >= 0.6 is 0 Å². The Kier molecular flexibility index (Phi) is 2.47. The van der Waals surface area contributed by atoms with Gasteiger partial charge in [0, 0.05) is 0 Å². The molecule has 0 spiro atoms. The van der Waals surface area contributed by atoms with Gasteiger partial charge in [0.05, 0.1) is 0 Å². The third-order valence-electron chi connectivity index (χ3n) is 4.68. The van der Waals surface area contributed by atoms with Gasteiger partial charge in [0.25, 0.3) is 0 Å². The molecule has 0 heterocycles. The Morgan fingerprint density at radius 3 is 2.47 bits per heavy atom. The molecule has 3 rings (SSSR count). The summed E-state index contributed by atoms with van der Waals surface area (Å²) in [4.78, 5) is 0. The lowest BCUT2D eigenvalue weighted by Gasteiger charge is -2.16. The molecule has 0 aliphatic heterocycles. The molecule has 1 aliphatic carbocycles. The fraction of sp³-hybridized carbons (Fsp3) is 0.412. The minimum absolute atomic E-state index is 0.499. The van der Waals surface area contributed by atoms with Gasteiger partial charge < -0.3 is 0 Å². The molecule has 17 heavy (non-hydrogen) atoms. The summed E-state index contributed by atoms with van der Waals surface area (Å²) in [5.41, 5.74) is 2.06. The van der Waals surface area contributed by atoms with E-state index in [1.165, 1.54) is 30.0 Å². The summed E-state index contributed by atoms with van der Waals surface area (Å²) in [5, 5.41) is 2.75. The minimum Gasteiger partial charge on any atom is -0.0651 e. The Morgan fingerprint density at radius 2 is 1.82 bits per heavy atom. The highest BCUT2D eigenvalue weighted by Crippen LogP contribution is 2.58. The van der Waals surface area contributed by atoms with Crippen LogP contribution in [0.2, 0.25) is 0 Å². The lowest BCUT2D eigenvalue weighted by Crippen LogP contribution is -2.08. The summed E-state index contributed by atoms with van der Waals surface area (Å²) in [6.45, 7) is 4.66. The molecule has 2 aromatic rings. The summed E-state index contributed by atoms with van der Waals surface area (Å²) in [6.07, 6.45) is 3.99. The summed E-state index contributed by atoms with van der Waals surface area (Å²) in [6, 6.07) is 15.7. The predicted molar refractivity (Wildman–Crippen MR) is 74.3 cm³/mol. The van der Waals surface area contributed by atoms with Crippen molar-refractivity contribution in [3.8, 4) is 0 Å². The molecular weight excluding hydrogens is 204 g/mol. The van der Waals surface area contributed by atoms with E-state index in [4.69, 9.17) is 0 Å². The van der Waals surface area contributed by atoms with Crippen molar-refractivity contribution in [1.29, 1.82) is 0 Å². The van der Waals surface area contributed by atoms with Gasteiger partial charge in [-0.05, 0) is 40.5 Å². The van der Waals surface area contributed by atoms with E-state index in [2.05, 4.69) is 56.3 Å². The SMILES string of the molecule is CCC1CC1(CC)c1ccc2ccccc2c1. The molecule has 2 atom stereocenters. The maximum Gasteiger partial charge on any atom is -0.00180 e. The number of fused-ring (bicyclic) bond motifs is 1. The lowest BCUT2D eigenvalue weighted by atomic mass is 9.88. The van der Waals surface area contributed by atoms with Crippen molar-refractivity contribution in [3.63, 3.8) is 0 Å². The third kappa shape index (κ3) is 1.58. The van der Waals surface area contributed by atoms with E-state index in [-0.39, 0.29) is 0 Å². The number of rotatable bonds is 3. The molecule has 88 valence electrons. The summed E-state index contributed by atoms with van der Waals surface area (Å²) < 4.78 is 0. The number of hydrogen-bond donors (Lipinski definition) is 0. The van der Waals surface area contributed by atoms with Gasteiger partial charge >= 0.3 is 0 Å². The molecule has 1 aliphatic rings. The van der Waals surface area contributed by atoms with Crippen LogP contribution in [0, 0.1) is 5.92 Å². The first-order valence-corrected chi connectivity index (χ1v) is 6.79. The second-order valence-electron chi connectivity index (χ2n) is 5.38. The van der Waals surface area contributed by atoms with Crippen molar-refractivity contribution in [2.75, 3.05) is 0 Å². The maximum absolute atomic E-state index is 2.41. The van der Waals surface area contributed by atoms with Gasteiger partial charge in [-0.15, -0.1) is 0 Å². The molecule has 0 radical (unpaired) electrons. The van der Waals surface area contributed by atoms with E-state index in [0.717, 1.165) is 5.92 Å². The second kappa shape index (κ2) is 3.87. The Labute approximate surface area is 104 Å². The van der Waals surface area contributed by atoms with Crippen molar-refractivity contribution in [1.82, 2.24) is 0 Å². The molecule has 2 unspecified atom stereocenters. The molecule has 1 saturated carbocycles. The average Bonchev–Trinajstić information content (AvgIpc) is 3.13. The van der Waals surface area contributed by atoms with E-state index >= 15 is 0 Å². The molecule has 0 aromatic heterocycles. The monoisotopic (exact) mass is 224 g/mol. The highest BCUT2D eigenvalue weighted by molar-refractivity contribution is 5.83. The smallest absolute Gasteiger partial charge is 0.00180 e. The Bertz CT molecular complexity index is 540. The first kappa shape index (κ1) is 10.8. The quantitative estimate of drug-likeness (QED) is 0.694. The van der Waals surface area contributed by atoms with Crippen molar-refractivity contribution >= 4 is 10.8 Å². The molecule has 0 heteroatoms. The van der Waals surface area contributed by atoms with Crippen LogP contribution < -0.4 is 0 Å². The second-order valence-corrected chi connectivity index (χ2v) is 5.38. The third-order valence-corrected chi connectivity index (χ3v) is 4.68. The molecule has 0 saturated heterocycles. The maximum atomic E-state index is 2.41. The number of benzene rings is 2. The van der Waals surface area contributed by atoms with E-state index in [1.54, 1.807) is 5.56 Å². The van der Waals surface area contributed by atoms with Gasteiger partial charge in [0.2, 0.25) is 0 Å². The van der Waals surface area contributed by atoms with Crippen molar-refractivity contribution in [2.24, 2.45) is 5.92 Å². The molecule has 0 amide bonds. The van der Waals surface area contributed by atoms with Gasteiger partial charge in [0.15, 0.2) is 0 Å². The molecule has 1 fully saturated rings. The zero-order chi connectivity index (χ0) is 11.9. The Hall–Kier alpha value is -1.30. The van der Waals surface area contributed by atoms with Gasteiger partial charge in [-0.25, -0.2) is 0 Å². The first-order valence-electron chi connectivity index (χ1n) is 6.79. The van der Waals surface area contributed by atoms with Crippen LogP contribution in [0.5, 0.6) is 0 Å². The summed E-state index contributed by atoms with van der Waals surface area (Å²) >= 11 is 0. The zero-order valence-corrected chi connectivity index (χ0v) is 10.7. The summed E-state index contributed by atoms with van der Waals surface area (Å²) in [7, 11) is 0. The standard InChI is InChI=1S/C17H20/c1-3-15-12-17(15,4-2)16-10-9-13-7-5-6-8-14(13)11-16/h5-11,15H,3-4,12H2,1-2H3. The highest BCUT2D eigenvalue weighted by Gasteiger charge is 2.52. The van der Waals surface area contributed by atoms with Crippen LogP contribution in [0.3, 0.4) is 0 Å². The molecule has 0 nitrogen and oxygen atoms in total. The number of hydrogen-bond acceptors (Lipinski definition) is 0. The summed E-state index contributed by atoms with van der Waals surface area (Å²) in [5.74, 6) is 0.911. The predicted octanol–water partition coefficient (Wildman–Crippen LogP) is 4.92. The van der Waals surface area contributed by atoms with E-state index in [1.807, 2.05) is 0 Å². The van der Waals surface area contributed by atoms with Gasteiger partial charge in [-0.3, -0.25) is 0 Å². The Morgan fingerprint density at radius 1 is 1.06 bits per heavy atom. The highest BCUT2D eigenvalue weighted by atomic mass is 14.6. The van der Waals surface area contributed by atoms with Gasteiger partial charge in [-0.2, -0.15) is 0 Å². The van der Waals surface area contributed by atoms with Crippen molar-refractivity contribution < 1.29 is 0 Å². The topological polar surface area (TPSA) is 0 Å². The van der Waals surface area contributed by atoms with Crippen LogP contribution in [0.15, 0.2) is 42.5 Å². The fourth-order valence-corrected chi connectivity index (χ4v) is 3.41. The largest absolute Gasteiger partial charge is 0.0651 e. The van der Waals surface area contributed by atoms with Crippen LogP contribution in [-0.4, -0.2) is 0 Å². The van der Waals surface area contributed by atoms with Crippen LogP contribution in [0.1, 0.15) is 38.7 Å². The van der Waals surface area contributed by atoms with E-state index in [9.17, 15) is 0 Å². The molecular formula is C17H20. The van der Waals surface area contributed by atoms with E-state index < -0.39 is 0 Å². The Balaban J connectivity index is 2.07.